The van der Waals surface area contributed by atoms with Gasteiger partial charge < -0.3 is 11.1 Å². The third kappa shape index (κ3) is 2.75. The Bertz CT molecular complexity index is 568. The fraction of sp³-hybridized carbons (Fsp3) is 0.0909. The molecular weight excluding hydrogens is 258 g/mol. The lowest BCUT2D eigenvalue weighted by atomic mass is 10.2. The lowest BCUT2D eigenvalue weighted by Crippen LogP contribution is -2.11. The van der Waals surface area contributed by atoms with Crippen molar-refractivity contribution in [2.75, 3.05) is 11.1 Å². The van der Waals surface area contributed by atoms with Gasteiger partial charge in [-0.25, -0.2) is 4.98 Å². The molecule has 2 rings (SSSR count). The van der Waals surface area contributed by atoms with Crippen LogP contribution in [0, 0.1) is 6.92 Å². The molecule has 0 fully saturated rings. The van der Waals surface area contributed by atoms with Crippen molar-refractivity contribution in [2.45, 2.75) is 6.92 Å². The molecule has 4 nitrogen and oxygen atoms in total. The molecule has 88 valence electrons. The number of carbonyl (C=O) groups is 1. The molecule has 2 aromatic rings. The van der Waals surface area contributed by atoms with Crippen LogP contribution in [0.2, 0.25) is 5.02 Å². The Morgan fingerprint density at radius 3 is 2.94 bits per heavy atom. The van der Waals surface area contributed by atoms with Crippen molar-refractivity contribution in [1.29, 1.82) is 0 Å². The molecule has 0 saturated heterocycles. The number of aromatic nitrogens is 1. The van der Waals surface area contributed by atoms with Crippen LogP contribution in [0.1, 0.15) is 15.2 Å². The molecular formula is C11H10ClN3OS. The lowest BCUT2D eigenvalue weighted by Gasteiger charge is -2.07. The third-order valence-corrected chi connectivity index (χ3v) is 3.26. The second-order valence-corrected chi connectivity index (χ2v) is 4.97. The fourth-order valence-electron chi connectivity index (χ4n) is 1.31. The summed E-state index contributed by atoms with van der Waals surface area (Å²) in [5, 5.41) is 3.72. The Hall–Kier alpha value is -1.59. The monoisotopic (exact) mass is 267 g/mol. The van der Waals surface area contributed by atoms with E-state index in [1.807, 2.05) is 13.0 Å². The highest BCUT2D eigenvalue weighted by molar-refractivity contribution is 7.17. The number of halogens is 1. The first kappa shape index (κ1) is 11.9. The second-order valence-electron chi connectivity index (χ2n) is 3.48. The van der Waals surface area contributed by atoms with Crippen LogP contribution in [0.4, 0.5) is 10.8 Å². The van der Waals surface area contributed by atoms with E-state index in [1.54, 1.807) is 12.1 Å². The summed E-state index contributed by atoms with van der Waals surface area (Å²) in [7, 11) is 0. The first-order chi connectivity index (χ1) is 8.06. The van der Waals surface area contributed by atoms with E-state index in [9.17, 15) is 4.79 Å². The average molecular weight is 268 g/mol. The van der Waals surface area contributed by atoms with Gasteiger partial charge >= 0.3 is 0 Å². The van der Waals surface area contributed by atoms with Crippen LogP contribution in [-0.4, -0.2) is 10.9 Å². The maximum absolute atomic E-state index is 11.9. The van der Waals surface area contributed by atoms with Gasteiger partial charge in [-0.3, -0.25) is 4.79 Å². The normalized spacial score (nSPS) is 10.2. The number of nitrogens with two attached hydrogens (primary N) is 1. The number of nitrogen functional groups attached to an aromatic ring is 1. The molecule has 0 aliphatic carbocycles. The highest BCUT2D eigenvalue weighted by Crippen LogP contribution is 2.22. The molecule has 17 heavy (non-hydrogen) atoms. The molecule has 1 amide bonds. The number of aryl methyl sites for hydroxylation is 1. The number of benzene rings is 1. The molecule has 0 unspecified atom stereocenters. The number of nitrogens with one attached hydrogen (secondary N) is 1. The molecule has 6 heteroatoms. The zero-order valence-electron chi connectivity index (χ0n) is 9.03. The number of hydrogen-bond acceptors (Lipinski definition) is 4. The molecule has 0 aliphatic rings. The molecule has 0 aliphatic heterocycles. The van der Waals surface area contributed by atoms with Gasteiger partial charge in [0, 0.05) is 10.7 Å². The Morgan fingerprint density at radius 1 is 1.53 bits per heavy atom. The van der Waals surface area contributed by atoms with Crippen molar-refractivity contribution < 1.29 is 4.79 Å². The smallest absolute Gasteiger partial charge is 0.267 e. The minimum Gasteiger partial charge on any atom is -0.375 e. The Labute approximate surface area is 107 Å². The van der Waals surface area contributed by atoms with E-state index in [4.69, 9.17) is 17.3 Å². The number of amides is 1. The molecule has 0 spiro atoms. The fourth-order valence-corrected chi connectivity index (χ4v) is 2.06. The van der Waals surface area contributed by atoms with Crippen molar-refractivity contribution in [1.82, 2.24) is 4.98 Å². The number of carbonyl (C=O) groups excluding carboxylic acids is 1. The third-order valence-electron chi connectivity index (χ3n) is 2.20. The zero-order valence-corrected chi connectivity index (χ0v) is 10.6. The quantitative estimate of drug-likeness (QED) is 0.879. The van der Waals surface area contributed by atoms with Gasteiger partial charge in [-0.1, -0.05) is 29.0 Å². The predicted molar refractivity (Wildman–Crippen MR) is 70.7 cm³/mol. The van der Waals surface area contributed by atoms with E-state index in [0.717, 1.165) is 16.9 Å². The Balaban J connectivity index is 2.21. The topological polar surface area (TPSA) is 68.0 Å². The van der Waals surface area contributed by atoms with Crippen LogP contribution in [0.15, 0.2) is 24.4 Å². The van der Waals surface area contributed by atoms with Gasteiger partial charge in [0.05, 0.1) is 6.20 Å². The molecule has 3 N–H and O–H groups in total. The van der Waals surface area contributed by atoms with Crippen LogP contribution in [0.5, 0.6) is 0 Å². The summed E-state index contributed by atoms with van der Waals surface area (Å²) in [6, 6.07) is 5.33. The van der Waals surface area contributed by atoms with E-state index in [0.29, 0.717) is 20.7 Å². The van der Waals surface area contributed by atoms with Crippen molar-refractivity contribution in [2.24, 2.45) is 0 Å². The molecule has 0 saturated carbocycles. The minimum atomic E-state index is -0.232. The summed E-state index contributed by atoms with van der Waals surface area (Å²) in [5.74, 6) is -0.232. The number of rotatable bonds is 2. The van der Waals surface area contributed by atoms with Crippen LogP contribution in [0.3, 0.4) is 0 Å². The van der Waals surface area contributed by atoms with Crippen molar-refractivity contribution in [3.63, 3.8) is 0 Å². The lowest BCUT2D eigenvalue weighted by molar-refractivity contribution is 0.103. The van der Waals surface area contributed by atoms with E-state index in [2.05, 4.69) is 10.3 Å². The molecule has 0 bridgehead atoms. The summed E-state index contributed by atoms with van der Waals surface area (Å²) < 4.78 is 0. The van der Waals surface area contributed by atoms with Crippen LogP contribution >= 0.6 is 22.9 Å². The van der Waals surface area contributed by atoms with Crippen molar-refractivity contribution in [3.8, 4) is 0 Å². The SMILES string of the molecule is Cc1ccc(Cl)cc1NC(=O)c1cnc(N)s1. The number of thiazole rings is 1. The highest BCUT2D eigenvalue weighted by Gasteiger charge is 2.11. The van der Waals surface area contributed by atoms with Gasteiger partial charge in [-0.15, -0.1) is 0 Å². The average Bonchev–Trinajstić information content (AvgIpc) is 2.70. The second kappa shape index (κ2) is 4.73. The van der Waals surface area contributed by atoms with Gasteiger partial charge in [0.2, 0.25) is 0 Å². The summed E-state index contributed by atoms with van der Waals surface area (Å²) >= 11 is 7.02. The zero-order chi connectivity index (χ0) is 12.4. The first-order valence-corrected chi connectivity index (χ1v) is 6.04. The van der Waals surface area contributed by atoms with Gasteiger partial charge in [-0.2, -0.15) is 0 Å². The molecule has 0 radical (unpaired) electrons. The number of hydrogen-bond donors (Lipinski definition) is 2. The summed E-state index contributed by atoms with van der Waals surface area (Å²) in [6.45, 7) is 1.90. The number of anilines is 2. The first-order valence-electron chi connectivity index (χ1n) is 4.85. The Kier molecular flexibility index (Phi) is 3.31. The maximum Gasteiger partial charge on any atom is 0.267 e. The van der Waals surface area contributed by atoms with Crippen LogP contribution in [-0.2, 0) is 0 Å². The molecule has 1 aromatic heterocycles. The van der Waals surface area contributed by atoms with Gasteiger partial charge in [0.1, 0.15) is 4.88 Å². The Morgan fingerprint density at radius 2 is 2.29 bits per heavy atom. The summed E-state index contributed by atoms with van der Waals surface area (Å²) in [6.07, 6.45) is 1.45. The van der Waals surface area contributed by atoms with Gasteiger partial charge in [0.15, 0.2) is 5.13 Å². The summed E-state index contributed by atoms with van der Waals surface area (Å²) in [5.41, 5.74) is 7.10. The minimum absolute atomic E-state index is 0.232. The van der Waals surface area contributed by atoms with Crippen molar-refractivity contribution >= 4 is 39.7 Å². The largest absolute Gasteiger partial charge is 0.375 e. The van der Waals surface area contributed by atoms with Crippen molar-refractivity contribution in [3.05, 3.63) is 39.9 Å². The van der Waals surface area contributed by atoms with Gasteiger partial charge in [0.25, 0.3) is 5.91 Å². The van der Waals surface area contributed by atoms with E-state index in [1.165, 1.54) is 6.20 Å². The molecule has 1 aromatic carbocycles. The maximum atomic E-state index is 11.9. The highest BCUT2D eigenvalue weighted by atomic mass is 35.5. The van der Waals surface area contributed by atoms with E-state index in [-0.39, 0.29) is 5.91 Å². The number of nitrogens with zero attached hydrogens (tertiary/aromatic N) is 1. The molecule has 0 atom stereocenters. The van der Waals surface area contributed by atoms with E-state index < -0.39 is 0 Å². The van der Waals surface area contributed by atoms with Gasteiger partial charge in [-0.05, 0) is 24.6 Å². The standard InChI is InChI=1S/C11H10ClN3OS/c1-6-2-3-7(12)4-8(6)15-10(16)9-5-14-11(13)17-9/h2-5H,1H3,(H2,13,14)(H,15,16). The van der Waals surface area contributed by atoms with Crippen LogP contribution in [0.25, 0.3) is 0 Å². The predicted octanol–water partition coefficient (Wildman–Crippen LogP) is 2.94. The summed E-state index contributed by atoms with van der Waals surface area (Å²) in [4.78, 5) is 16.2. The van der Waals surface area contributed by atoms with Crippen LogP contribution < -0.4 is 11.1 Å². The molecule has 1 heterocycles. The van der Waals surface area contributed by atoms with E-state index >= 15 is 0 Å².